The Morgan fingerprint density at radius 3 is 2.44 bits per heavy atom. The molecule has 0 amide bonds. The molecule has 0 aliphatic heterocycles. The van der Waals surface area contributed by atoms with Crippen LogP contribution in [0, 0.1) is 0 Å². The molecule has 0 atom stereocenters. The molecule has 0 bridgehead atoms. The van der Waals surface area contributed by atoms with Gasteiger partial charge in [-0.25, -0.2) is 13.6 Å². The van der Waals surface area contributed by atoms with E-state index in [2.05, 4.69) is 15.6 Å². The maximum absolute atomic E-state index is 11.7. The van der Waals surface area contributed by atoms with Gasteiger partial charge >= 0.3 is 0 Å². The molecule has 4 N–H and O–H groups in total. The Kier molecular flexibility index (Phi) is 5.32. The average Bonchev–Trinajstić information content (AvgIpc) is 3.10. The van der Waals surface area contributed by atoms with Gasteiger partial charge in [0.25, 0.3) is 0 Å². The van der Waals surface area contributed by atoms with E-state index in [4.69, 9.17) is 5.14 Å². The topological polar surface area (TPSA) is 97.1 Å². The lowest BCUT2D eigenvalue weighted by molar-refractivity contribution is 0.600. The summed E-state index contributed by atoms with van der Waals surface area (Å²) >= 11 is 1.13. The highest BCUT2D eigenvalue weighted by Gasteiger charge is 2.16. The quantitative estimate of drug-likeness (QED) is 0.553. The first-order valence-electron chi connectivity index (χ1n) is 7.62. The Balaban J connectivity index is 1.65. The van der Waals surface area contributed by atoms with Crippen molar-refractivity contribution in [1.82, 2.24) is 4.98 Å². The van der Waals surface area contributed by atoms with Gasteiger partial charge in [-0.05, 0) is 41.3 Å². The molecule has 130 valence electrons. The van der Waals surface area contributed by atoms with Gasteiger partial charge in [-0.3, -0.25) is 4.98 Å². The molecule has 0 radical (unpaired) electrons. The molecule has 25 heavy (non-hydrogen) atoms. The molecule has 0 spiro atoms. The fourth-order valence-corrected chi connectivity index (χ4v) is 4.25. The van der Waals surface area contributed by atoms with E-state index in [0.717, 1.165) is 41.4 Å². The van der Waals surface area contributed by atoms with Crippen LogP contribution in [0.5, 0.6) is 0 Å². The predicted molar refractivity (Wildman–Crippen MR) is 102 cm³/mol. The lowest BCUT2D eigenvalue weighted by Crippen LogP contribution is -2.13. The van der Waals surface area contributed by atoms with Gasteiger partial charge in [0.15, 0.2) is 0 Å². The van der Waals surface area contributed by atoms with Crippen molar-refractivity contribution in [2.75, 3.05) is 23.7 Å². The Bertz CT molecular complexity index is 940. The number of rotatable bonds is 7. The number of aromatic nitrogens is 1. The van der Waals surface area contributed by atoms with Crippen LogP contribution in [0.4, 0.5) is 11.4 Å². The normalized spacial score (nSPS) is 11.2. The van der Waals surface area contributed by atoms with Gasteiger partial charge in [-0.1, -0.05) is 12.1 Å². The minimum Gasteiger partial charge on any atom is -0.383 e. The van der Waals surface area contributed by atoms with Crippen LogP contribution < -0.4 is 15.8 Å². The molecule has 0 aliphatic rings. The minimum absolute atomic E-state index is 0.184. The van der Waals surface area contributed by atoms with Gasteiger partial charge in [0.2, 0.25) is 10.0 Å². The number of anilines is 2. The Labute approximate surface area is 150 Å². The highest BCUT2D eigenvalue weighted by molar-refractivity contribution is 7.91. The maximum atomic E-state index is 11.7. The maximum Gasteiger partial charge on any atom is 0.248 e. The van der Waals surface area contributed by atoms with Crippen molar-refractivity contribution in [3.63, 3.8) is 0 Å². The van der Waals surface area contributed by atoms with E-state index in [1.165, 1.54) is 0 Å². The number of hydrogen-bond acceptors (Lipinski definition) is 6. The molecule has 1 aromatic carbocycles. The first-order chi connectivity index (χ1) is 12.0. The standard InChI is InChI=1S/C17H18N4O2S2/c18-25(22,23)17-16(6-11-24-17)13-2-1-3-15(12-13)21-10-9-20-14-4-7-19-8-5-14/h1-8,11-12,21H,9-10H2,(H,19,20)(H2,18,22,23). The molecule has 0 saturated carbocycles. The molecule has 3 aromatic rings. The second-order valence-corrected chi connectivity index (χ2v) is 8.01. The summed E-state index contributed by atoms with van der Waals surface area (Å²) in [5.41, 5.74) is 3.38. The summed E-state index contributed by atoms with van der Waals surface area (Å²) in [6, 6.07) is 13.2. The smallest absolute Gasteiger partial charge is 0.248 e. The molecule has 0 aliphatic carbocycles. The lowest BCUT2D eigenvalue weighted by Gasteiger charge is -2.10. The zero-order valence-corrected chi connectivity index (χ0v) is 15.0. The summed E-state index contributed by atoms with van der Waals surface area (Å²) in [6.45, 7) is 1.46. The van der Waals surface area contributed by atoms with Crippen molar-refractivity contribution in [3.8, 4) is 11.1 Å². The number of sulfonamides is 1. The number of nitrogens with one attached hydrogen (secondary N) is 2. The van der Waals surface area contributed by atoms with Crippen molar-refractivity contribution in [2.45, 2.75) is 4.21 Å². The number of primary sulfonamides is 1. The molecule has 6 nitrogen and oxygen atoms in total. The van der Waals surface area contributed by atoms with Crippen molar-refractivity contribution >= 4 is 32.7 Å². The molecule has 2 aromatic heterocycles. The van der Waals surface area contributed by atoms with Crippen LogP contribution in [0.25, 0.3) is 11.1 Å². The van der Waals surface area contributed by atoms with E-state index in [-0.39, 0.29) is 4.21 Å². The summed E-state index contributed by atoms with van der Waals surface area (Å²) < 4.78 is 23.5. The van der Waals surface area contributed by atoms with Crippen LogP contribution >= 0.6 is 11.3 Å². The molecule has 8 heteroatoms. The van der Waals surface area contributed by atoms with Crippen LogP contribution in [-0.2, 0) is 10.0 Å². The minimum atomic E-state index is -3.72. The average molecular weight is 374 g/mol. The van der Waals surface area contributed by atoms with E-state index >= 15 is 0 Å². The SMILES string of the molecule is NS(=O)(=O)c1sccc1-c1cccc(NCCNc2ccncc2)c1. The predicted octanol–water partition coefficient (Wildman–Crippen LogP) is 2.98. The first kappa shape index (κ1) is 17.4. The van der Waals surface area contributed by atoms with Crippen LogP contribution in [0.2, 0.25) is 0 Å². The number of nitrogens with zero attached hydrogens (tertiary/aromatic N) is 1. The second-order valence-electron chi connectivity index (χ2n) is 5.34. The first-order valence-corrected chi connectivity index (χ1v) is 10.0. The number of thiophene rings is 1. The van der Waals surface area contributed by atoms with Crippen molar-refractivity contribution in [3.05, 3.63) is 60.2 Å². The number of pyridine rings is 1. The van der Waals surface area contributed by atoms with Gasteiger partial charge in [0.05, 0.1) is 0 Å². The van der Waals surface area contributed by atoms with Gasteiger partial charge in [-0.15, -0.1) is 11.3 Å². The van der Waals surface area contributed by atoms with Crippen molar-refractivity contribution < 1.29 is 8.42 Å². The van der Waals surface area contributed by atoms with Gasteiger partial charge < -0.3 is 10.6 Å². The molecular formula is C17H18N4O2S2. The third-order valence-electron chi connectivity index (χ3n) is 3.53. The molecule has 0 fully saturated rings. The summed E-state index contributed by atoms with van der Waals surface area (Å²) in [7, 11) is -3.72. The third-order valence-corrected chi connectivity index (χ3v) is 5.95. The Morgan fingerprint density at radius 1 is 1.00 bits per heavy atom. The second kappa shape index (κ2) is 7.64. The van der Waals surface area contributed by atoms with E-state index in [0.29, 0.717) is 5.56 Å². The van der Waals surface area contributed by atoms with Crippen LogP contribution in [0.15, 0.2) is 64.4 Å². The van der Waals surface area contributed by atoms with Crippen LogP contribution in [-0.4, -0.2) is 26.5 Å². The zero-order valence-electron chi connectivity index (χ0n) is 13.3. The monoisotopic (exact) mass is 374 g/mol. The summed E-state index contributed by atoms with van der Waals surface area (Å²) in [5.74, 6) is 0. The highest BCUT2D eigenvalue weighted by Crippen LogP contribution is 2.32. The molecule has 0 unspecified atom stereocenters. The molecular weight excluding hydrogens is 356 g/mol. The Morgan fingerprint density at radius 2 is 1.72 bits per heavy atom. The molecule has 2 heterocycles. The van der Waals surface area contributed by atoms with E-state index in [9.17, 15) is 8.42 Å². The van der Waals surface area contributed by atoms with Gasteiger partial charge in [-0.2, -0.15) is 0 Å². The summed E-state index contributed by atoms with van der Waals surface area (Å²) in [4.78, 5) is 3.97. The number of benzene rings is 1. The van der Waals surface area contributed by atoms with Crippen molar-refractivity contribution in [1.29, 1.82) is 0 Å². The largest absolute Gasteiger partial charge is 0.383 e. The van der Waals surface area contributed by atoms with Gasteiger partial charge in [0.1, 0.15) is 4.21 Å². The number of hydrogen-bond donors (Lipinski definition) is 3. The third kappa shape index (κ3) is 4.56. The van der Waals surface area contributed by atoms with E-state index in [1.54, 1.807) is 23.8 Å². The molecule has 3 rings (SSSR count). The summed E-state index contributed by atoms with van der Waals surface area (Å²) in [5, 5.41) is 13.6. The number of nitrogens with two attached hydrogens (primary N) is 1. The lowest BCUT2D eigenvalue weighted by atomic mass is 10.1. The van der Waals surface area contributed by atoms with E-state index < -0.39 is 10.0 Å². The van der Waals surface area contributed by atoms with Crippen molar-refractivity contribution in [2.24, 2.45) is 5.14 Å². The molecule has 0 saturated heterocycles. The fourth-order valence-electron chi connectivity index (χ4n) is 2.41. The van der Waals surface area contributed by atoms with E-state index in [1.807, 2.05) is 36.4 Å². The zero-order chi connectivity index (χ0) is 17.7. The Hall–Kier alpha value is -2.42. The van der Waals surface area contributed by atoms with Crippen LogP contribution in [0.1, 0.15) is 0 Å². The fraction of sp³-hybridized carbons (Fsp3) is 0.118. The summed E-state index contributed by atoms with van der Waals surface area (Å²) in [6.07, 6.45) is 3.48. The van der Waals surface area contributed by atoms with Crippen LogP contribution in [0.3, 0.4) is 0 Å². The highest BCUT2D eigenvalue weighted by atomic mass is 32.2. The van der Waals surface area contributed by atoms with Gasteiger partial charge in [0, 0.05) is 42.4 Å².